The highest BCUT2D eigenvalue weighted by molar-refractivity contribution is 7.98. The van der Waals surface area contributed by atoms with Crippen LogP contribution in [0.3, 0.4) is 0 Å². The molecule has 1 amide bonds. The van der Waals surface area contributed by atoms with Gasteiger partial charge in [-0.15, -0.1) is 4.91 Å². The number of halogens is 3. The summed E-state index contributed by atoms with van der Waals surface area (Å²) in [7, 11) is 0. The van der Waals surface area contributed by atoms with Crippen LogP contribution < -0.4 is 0 Å². The molecule has 0 fully saturated rings. The Morgan fingerprint density at radius 3 is 2.31 bits per heavy atom. The molecule has 0 N–H and O–H groups in total. The van der Waals surface area contributed by atoms with Crippen molar-refractivity contribution in [1.82, 2.24) is 3.97 Å². The smallest absolute Gasteiger partial charge is 0.279 e. The Morgan fingerprint density at radius 1 is 0.867 bits per heavy atom. The molecule has 0 saturated carbocycles. The van der Waals surface area contributed by atoms with Gasteiger partial charge in [0.2, 0.25) is 0 Å². The van der Waals surface area contributed by atoms with E-state index in [9.17, 15) is 28.1 Å². The largest absolute Gasteiger partial charge is 0.316 e. The average molecular weight is 618 g/mol. The summed E-state index contributed by atoms with van der Waals surface area (Å²) in [5, 5.41) is 12.8. The molecule has 5 aromatic carbocycles. The third-order valence-corrected chi connectivity index (χ3v) is 8.54. The molecule has 6 aromatic rings. The van der Waals surface area contributed by atoms with E-state index in [4.69, 9.17) is 0 Å². The summed E-state index contributed by atoms with van der Waals surface area (Å²) in [5.41, 5.74) is 6.55. The lowest BCUT2D eigenvalue weighted by atomic mass is 9.93. The lowest BCUT2D eigenvalue weighted by Crippen LogP contribution is -1.96. The van der Waals surface area contributed by atoms with Crippen molar-refractivity contribution in [2.75, 3.05) is 0 Å². The second-order valence-electron chi connectivity index (χ2n) is 10.3. The van der Waals surface area contributed by atoms with Crippen molar-refractivity contribution < 1.29 is 18.0 Å². The van der Waals surface area contributed by atoms with Crippen molar-refractivity contribution in [3.8, 4) is 39.6 Å². The van der Waals surface area contributed by atoms with Gasteiger partial charge >= 0.3 is 5.91 Å². The van der Waals surface area contributed by atoms with E-state index in [0.29, 0.717) is 38.2 Å². The minimum absolute atomic E-state index is 0.0901. The van der Waals surface area contributed by atoms with Crippen LogP contribution in [0.4, 0.5) is 13.2 Å². The molecular weight excluding hydrogens is 595 g/mol. The third-order valence-electron chi connectivity index (χ3n) is 7.50. The number of carbonyl (C=O) groups excluding carboxylic acids is 1. The van der Waals surface area contributed by atoms with Gasteiger partial charge in [-0.25, -0.2) is 13.2 Å². The van der Waals surface area contributed by atoms with Gasteiger partial charge in [0.05, 0.1) is 22.8 Å². The molecule has 5 nitrogen and oxygen atoms in total. The molecule has 0 atom stereocenters. The molecule has 0 unspecified atom stereocenters. The number of benzene rings is 5. The summed E-state index contributed by atoms with van der Waals surface area (Å²) in [5.74, 6) is -1.28. The Labute approximate surface area is 260 Å². The van der Waals surface area contributed by atoms with E-state index in [2.05, 4.69) is 11.2 Å². The summed E-state index contributed by atoms with van der Waals surface area (Å²) in [4.78, 5) is 23.3. The Morgan fingerprint density at radius 2 is 1.60 bits per heavy atom. The van der Waals surface area contributed by atoms with Crippen LogP contribution in [-0.2, 0) is 0 Å². The standard InChI is InChI=1S/C36H22F3N3O2S/c1-21-16-27(36(43)41-44)10-14-30(21)24-5-3-7-26(18-24)34-33(25-6-2-4-22(17-25)20-40)31-19-28(37)11-15-32(31)42(34)45-29-12-8-23(9-13-29)35(38)39/h2-19,35H,1H3. The molecule has 0 radical (unpaired) electrons. The van der Waals surface area contributed by atoms with Crippen LogP contribution in [-0.4, -0.2) is 9.88 Å². The Bertz CT molecular complexity index is 2150. The molecule has 1 aromatic heterocycles. The number of carbonyl (C=O) groups is 1. The van der Waals surface area contributed by atoms with Crippen molar-refractivity contribution in [3.05, 3.63) is 142 Å². The van der Waals surface area contributed by atoms with Crippen LogP contribution in [0.5, 0.6) is 0 Å². The molecule has 9 heteroatoms. The predicted molar refractivity (Wildman–Crippen MR) is 170 cm³/mol. The van der Waals surface area contributed by atoms with E-state index in [-0.39, 0.29) is 11.1 Å². The van der Waals surface area contributed by atoms with E-state index in [0.717, 1.165) is 22.3 Å². The topological polar surface area (TPSA) is 75.2 Å². The number of fused-ring (bicyclic) bond motifs is 1. The first-order valence-corrected chi connectivity index (χ1v) is 14.5. The van der Waals surface area contributed by atoms with Gasteiger partial charge in [-0.2, -0.15) is 5.26 Å². The lowest BCUT2D eigenvalue weighted by Gasteiger charge is -2.15. The highest BCUT2D eigenvalue weighted by Gasteiger charge is 2.23. The van der Waals surface area contributed by atoms with Crippen molar-refractivity contribution >= 4 is 28.8 Å². The van der Waals surface area contributed by atoms with Crippen LogP contribution in [0.1, 0.15) is 33.5 Å². The number of aryl methyl sites for hydroxylation is 1. The normalized spacial score (nSPS) is 11.1. The van der Waals surface area contributed by atoms with E-state index in [1.165, 1.54) is 36.2 Å². The molecule has 0 spiro atoms. The summed E-state index contributed by atoms with van der Waals surface area (Å²) >= 11 is 1.31. The molecule has 0 saturated heterocycles. The van der Waals surface area contributed by atoms with E-state index >= 15 is 0 Å². The van der Waals surface area contributed by atoms with E-state index < -0.39 is 18.1 Å². The van der Waals surface area contributed by atoms with E-state index in [1.807, 2.05) is 41.2 Å². The number of nitrogens with zero attached hydrogens (tertiary/aromatic N) is 3. The molecule has 6 rings (SSSR count). The SMILES string of the molecule is Cc1cc(C(=O)N=O)ccc1-c1cccc(-c2c(-c3cccc(C#N)c3)c3cc(F)ccc3n2Sc2ccc(C(F)F)cc2)c1. The van der Waals surface area contributed by atoms with Gasteiger partial charge in [-0.3, -0.25) is 8.77 Å². The molecule has 0 aliphatic rings. The van der Waals surface area contributed by atoms with Gasteiger partial charge < -0.3 is 0 Å². The number of rotatable bonds is 7. The van der Waals surface area contributed by atoms with Crippen LogP contribution >= 0.6 is 11.9 Å². The second kappa shape index (κ2) is 12.3. The first-order valence-electron chi connectivity index (χ1n) is 13.8. The molecule has 220 valence electrons. The number of amides is 1. The minimum atomic E-state index is -2.60. The molecule has 0 bridgehead atoms. The number of alkyl halides is 2. The maximum atomic E-state index is 14.8. The Balaban J connectivity index is 1.61. The molecule has 45 heavy (non-hydrogen) atoms. The fraction of sp³-hybridized carbons (Fsp3) is 0.0556. The fourth-order valence-electron chi connectivity index (χ4n) is 5.41. The molecule has 0 aliphatic carbocycles. The van der Waals surface area contributed by atoms with Gasteiger partial charge in [0.15, 0.2) is 0 Å². The van der Waals surface area contributed by atoms with Gasteiger partial charge in [-0.1, -0.05) is 48.5 Å². The second-order valence-corrected chi connectivity index (χ2v) is 11.4. The quantitative estimate of drug-likeness (QED) is 0.167. The lowest BCUT2D eigenvalue weighted by molar-refractivity contribution is 0.100. The Kier molecular flexibility index (Phi) is 8.07. The van der Waals surface area contributed by atoms with Crippen molar-refractivity contribution in [3.63, 3.8) is 0 Å². The third kappa shape index (κ3) is 5.76. The monoisotopic (exact) mass is 617 g/mol. The van der Waals surface area contributed by atoms with Crippen molar-refractivity contribution in [2.24, 2.45) is 5.18 Å². The first kappa shape index (κ1) is 29.6. The molecule has 0 aliphatic heterocycles. The van der Waals surface area contributed by atoms with Crippen LogP contribution in [0, 0.1) is 29.0 Å². The Hall–Kier alpha value is -5.46. The highest BCUT2D eigenvalue weighted by atomic mass is 32.2. The van der Waals surface area contributed by atoms with Crippen LogP contribution in [0.15, 0.2) is 119 Å². The number of hydrogen-bond donors (Lipinski definition) is 0. The molecular formula is C36H22F3N3O2S. The van der Waals surface area contributed by atoms with Gasteiger partial charge in [0, 0.05) is 37.7 Å². The highest BCUT2D eigenvalue weighted by Crippen LogP contribution is 2.45. The van der Waals surface area contributed by atoms with Crippen molar-refractivity contribution in [2.45, 2.75) is 18.2 Å². The average Bonchev–Trinajstić information content (AvgIpc) is 3.37. The van der Waals surface area contributed by atoms with Crippen LogP contribution in [0.25, 0.3) is 44.4 Å². The van der Waals surface area contributed by atoms with Crippen LogP contribution in [0.2, 0.25) is 0 Å². The van der Waals surface area contributed by atoms with Crippen molar-refractivity contribution in [1.29, 1.82) is 5.26 Å². The summed E-state index contributed by atoms with van der Waals surface area (Å²) in [6.45, 7) is 1.83. The first-order chi connectivity index (χ1) is 21.8. The number of nitriles is 1. The molecule has 1 heterocycles. The minimum Gasteiger partial charge on any atom is -0.279 e. The maximum absolute atomic E-state index is 14.8. The zero-order valence-corrected chi connectivity index (χ0v) is 24.5. The van der Waals surface area contributed by atoms with Gasteiger partial charge in [0.25, 0.3) is 6.43 Å². The van der Waals surface area contributed by atoms with Gasteiger partial charge in [0.1, 0.15) is 5.82 Å². The van der Waals surface area contributed by atoms with E-state index in [1.54, 1.807) is 54.6 Å². The zero-order chi connectivity index (χ0) is 31.7. The summed E-state index contributed by atoms with van der Waals surface area (Å²) < 4.78 is 43.4. The summed E-state index contributed by atoms with van der Waals surface area (Å²) in [6, 6.07) is 32.4. The van der Waals surface area contributed by atoms with Gasteiger partial charge in [-0.05, 0) is 102 Å². The predicted octanol–water partition coefficient (Wildman–Crippen LogP) is 10.4. The zero-order valence-electron chi connectivity index (χ0n) is 23.7. The maximum Gasteiger partial charge on any atom is 0.316 e. The summed E-state index contributed by atoms with van der Waals surface area (Å²) in [6.07, 6.45) is -2.60. The number of hydrogen-bond acceptors (Lipinski definition) is 4. The number of nitroso groups, excluding NO2 is 1. The number of aromatic nitrogens is 1. The fourth-order valence-corrected chi connectivity index (χ4v) is 6.43.